The van der Waals surface area contributed by atoms with Crippen molar-refractivity contribution in [2.24, 2.45) is 5.73 Å². The van der Waals surface area contributed by atoms with E-state index in [1.807, 2.05) is 19.1 Å². The second-order valence-electron chi connectivity index (χ2n) is 5.14. The molecule has 0 aliphatic heterocycles. The van der Waals surface area contributed by atoms with E-state index in [4.69, 9.17) is 15.2 Å². The van der Waals surface area contributed by atoms with E-state index in [0.717, 1.165) is 28.9 Å². The first-order chi connectivity index (χ1) is 10.1. The summed E-state index contributed by atoms with van der Waals surface area (Å²) < 4.78 is 10.7. The van der Waals surface area contributed by atoms with Crippen LogP contribution in [0.2, 0.25) is 0 Å². The van der Waals surface area contributed by atoms with Crippen LogP contribution in [0.25, 0.3) is 0 Å². The molecule has 3 heteroatoms. The van der Waals surface area contributed by atoms with Gasteiger partial charge in [0, 0.05) is 0 Å². The number of aryl methyl sites for hydroxylation is 2. The molecule has 1 unspecified atom stereocenters. The van der Waals surface area contributed by atoms with Gasteiger partial charge in [-0.2, -0.15) is 0 Å². The van der Waals surface area contributed by atoms with E-state index < -0.39 is 0 Å². The number of ether oxygens (including phenoxy) is 2. The number of nitrogens with two attached hydrogens (primary N) is 1. The molecule has 0 spiro atoms. The van der Waals surface area contributed by atoms with Crippen molar-refractivity contribution in [2.75, 3.05) is 14.2 Å². The predicted octanol–water partition coefficient (Wildman–Crippen LogP) is 3.62. The van der Waals surface area contributed by atoms with Crippen LogP contribution in [0.4, 0.5) is 0 Å². The highest BCUT2D eigenvalue weighted by Gasteiger charge is 2.15. The minimum Gasteiger partial charge on any atom is -0.493 e. The maximum Gasteiger partial charge on any atom is 0.161 e. The Bertz CT molecular complexity index is 605. The highest BCUT2D eigenvalue weighted by Crippen LogP contribution is 2.34. The van der Waals surface area contributed by atoms with Crippen molar-refractivity contribution in [2.45, 2.75) is 26.3 Å². The summed E-state index contributed by atoms with van der Waals surface area (Å²) in [6.07, 6.45) is 1.03. The van der Waals surface area contributed by atoms with E-state index in [0.29, 0.717) is 5.75 Å². The van der Waals surface area contributed by atoms with Crippen LogP contribution in [0.5, 0.6) is 11.5 Å². The van der Waals surface area contributed by atoms with Crippen LogP contribution in [0.15, 0.2) is 36.4 Å². The lowest BCUT2D eigenvalue weighted by atomic mass is 9.94. The van der Waals surface area contributed by atoms with Gasteiger partial charge < -0.3 is 15.2 Å². The Morgan fingerprint density at radius 1 is 1.00 bits per heavy atom. The second-order valence-corrected chi connectivity index (χ2v) is 5.14. The van der Waals surface area contributed by atoms with Crippen LogP contribution < -0.4 is 15.2 Å². The van der Waals surface area contributed by atoms with Crippen molar-refractivity contribution < 1.29 is 9.47 Å². The average molecular weight is 285 g/mol. The smallest absolute Gasteiger partial charge is 0.161 e. The van der Waals surface area contributed by atoms with E-state index in [1.165, 1.54) is 5.56 Å². The zero-order valence-electron chi connectivity index (χ0n) is 13.1. The molecular formula is C18H23NO2. The Morgan fingerprint density at radius 2 is 1.57 bits per heavy atom. The van der Waals surface area contributed by atoms with Gasteiger partial charge in [0.15, 0.2) is 11.5 Å². The van der Waals surface area contributed by atoms with Crippen molar-refractivity contribution in [3.05, 3.63) is 58.7 Å². The number of benzene rings is 2. The molecule has 0 amide bonds. The molecule has 21 heavy (non-hydrogen) atoms. The summed E-state index contributed by atoms with van der Waals surface area (Å²) in [6, 6.07) is 12.2. The maximum atomic E-state index is 6.43. The van der Waals surface area contributed by atoms with Crippen molar-refractivity contribution in [3.63, 3.8) is 0 Å². The third kappa shape index (κ3) is 3.19. The van der Waals surface area contributed by atoms with Gasteiger partial charge in [-0.05, 0) is 47.7 Å². The van der Waals surface area contributed by atoms with E-state index in [-0.39, 0.29) is 6.04 Å². The third-order valence-electron chi connectivity index (χ3n) is 3.85. The molecule has 2 N–H and O–H groups in total. The Hall–Kier alpha value is -2.00. The number of methoxy groups -OCH3 is 2. The van der Waals surface area contributed by atoms with Gasteiger partial charge in [-0.15, -0.1) is 0 Å². The van der Waals surface area contributed by atoms with Crippen LogP contribution in [0.1, 0.15) is 35.2 Å². The molecule has 0 radical (unpaired) electrons. The van der Waals surface area contributed by atoms with Gasteiger partial charge in [0.05, 0.1) is 20.3 Å². The Kier molecular flexibility index (Phi) is 4.86. The molecule has 2 aromatic carbocycles. The fourth-order valence-electron chi connectivity index (χ4n) is 2.47. The summed E-state index contributed by atoms with van der Waals surface area (Å²) in [6.45, 7) is 4.19. The van der Waals surface area contributed by atoms with Gasteiger partial charge in [-0.3, -0.25) is 0 Å². The summed E-state index contributed by atoms with van der Waals surface area (Å²) in [5, 5.41) is 0. The number of hydrogen-bond donors (Lipinski definition) is 1. The average Bonchev–Trinajstić information content (AvgIpc) is 2.54. The van der Waals surface area contributed by atoms with E-state index in [9.17, 15) is 0 Å². The molecule has 112 valence electrons. The molecule has 0 fully saturated rings. The monoisotopic (exact) mass is 285 g/mol. The number of rotatable bonds is 5. The lowest BCUT2D eigenvalue weighted by molar-refractivity contribution is 0.354. The van der Waals surface area contributed by atoms with Crippen molar-refractivity contribution in [1.29, 1.82) is 0 Å². The minimum absolute atomic E-state index is 0.171. The third-order valence-corrected chi connectivity index (χ3v) is 3.85. The van der Waals surface area contributed by atoms with Gasteiger partial charge >= 0.3 is 0 Å². The van der Waals surface area contributed by atoms with E-state index in [2.05, 4.69) is 31.2 Å². The van der Waals surface area contributed by atoms with Crippen LogP contribution in [-0.2, 0) is 6.42 Å². The summed E-state index contributed by atoms with van der Waals surface area (Å²) in [7, 11) is 3.28. The van der Waals surface area contributed by atoms with Gasteiger partial charge in [-0.1, -0.05) is 31.2 Å². The summed E-state index contributed by atoms with van der Waals surface area (Å²) in [5.41, 5.74) is 11.0. The fraction of sp³-hybridized carbons (Fsp3) is 0.333. The fourth-order valence-corrected chi connectivity index (χ4v) is 2.47. The molecule has 3 nitrogen and oxygen atoms in total. The zero-order chi connectivity index (χ0) is 15.4. The zero-order valence-corrected chi connectivity index (χ0v) is 13.1. The van der Waals surface area contributed by atoms with Crippen molar-refractivity contribution >= 4 is 0 Å². The Morgan fingerprint density at radius 3 is 2.10 bits per heavy atom. The largest absolute Gasteiger partial charge is 0.493 e. The maximum absolute atomic E-state index is 6.43. The lowest BCUT2D eigenvalue weighted by Crippen LogP contribution is -2.13. The normalized spacial score (nSPS) is 12.0. The molecule has 0 aliphatic carbocycles. The van der Waals surface area contributed by atoms with Crippen LogP contribution in [0.3, 0.4) is 0 Å². The van der Waals surface area contributed by atoms with Gasteiger partial charge in [0.1, 0.15) is 0 Å². The van der Waals surface area contributed by atoms with E-state index >= 15 is 0 Å². The molecule has 1 atom stereocenters. The van der Waals surface area contributed by atoms with Crippen LogP contribution in [0, 0.1) is 6.92 Å². The van der Waals surface area contributed by atoms with Crippen molar-refractivity contribution in [3.8, 4) is 11.5 Å². The van der Waals surface area contributed by atoms with Gasteiger partial charge in [0.25, 0.3) is 0 Å². The quantitative estimate of drug-likeness (QED) is 0.912. The summed E-state index contributed by atoms with van der Waals surface area (Å²) in [4.78, 5) is 0. The summed E-state index contributed by atoms with van der Waals surface area (Å²) in [5.74, 6) is 1.44. The predicted molar refractivity (Wildman–Crippen MR) is 86.1 cm³/mol. The topological polar surface area (TPSA) is 44.5 Å². The van der Waals surface area contributed by atoms with Gasteiger partial charge in [0.2, 0.25) is 0 Å². The molecule has 0 saturated carbocycles. The Labute approximate surface area is 126 Å². The number of hydrogen-bond acceptors (Lipinski definition) is 3. The highest BCUT2D eigenvalue weighted by molar-refractivity contribution is 5.50. The molecule has 2 aromatic rings. The molecule has 2 rings (SSSR count). The molecular weight excluding hydrogens is 262 g/mol. The first-order valence-electron chi connectivity index (χ1n) is 7.17. The lowest BCUT2D eigenvalue weighted by Gasteiger charge is -2.18. The van der Waals surface area contributed by atoms with Crippen LogP contribution >= 0.6 is 0 Å². The SMILES string of the molecule is CCc1ccc(C(N)c2cc(OC)c(OC)cc2C)cc1. The van der Waals surface area contributed by atoms with Crippen LogP contribution in [-0.4, -0.2) is 14.2 Å². The first-order valence-corrected chi connectivity index (χ1v) is 7.17. The highest BCUT2D eigenvalue weighted by atomic mass is 16.5. The molecule has 0 aromatic heterocycles. The minimum atomic E-state index is -0.171. The first kappa shape index (κ1) is 15.4. The molecule has 0 bridgehead atoms. The molecule has 0 aliphatic rings. The van der Waals surface area contributed by atoms with Crippen molar-refractivity contribution in [1.82, 2.24) is 0 Å². The molecule has 0 heterocycles. The van der Waals surface area contributed by atoms with E-state index in [1.54, 1.807) is 14.2 Å². The van der Waals surface area contributed by atoms with Gasteiger partial charge in [-0.25, -0.2) is 0 Å². The molecule has 0 saturated heterocycles. The second kappa shape index (κ2) is 6.64. The standard InChI is InChI=1S/C18H23NO2/c1-5-13-6-8-14(9-7-13)18(19)15-11-17(21-4)16(20-3)10-12(15)2/h6-11,18H,5,19H2,1-4H3. The summed E-state index contributed by atoms with van der Waals surface area (Å²) >= 11 is 0. The Balaban J connectivity index is 2.39.